The summed E-state index contributed by atoms with van der Waals surface area (Å²) in [6, 6.07) is 10.2. The lowest BCUT2D eigenvalue weighted by Crippen LogP contribution is -2.15. The van der Waals surface area contributed by atoms with Crippen molar-refractivity contribution in [3.8, 4) is 0 Å². The summed E-state index contributed by atoms with van der Waals surface area (Å²) in [7, 11) is 0. The Morgan fingerprint density at radius 3 is 1.93 bits per heavy atom. The van der Waals surface area contributed by atoms with Crippen LogP contribution < -0.4 is 10.6 Å². The molecule has 5 heteroatoms. The summed E-state index contributed by atoms with van der Waals surface area (Å²) in [5.41, 5.74) is 7.72. The number of hydrogen-bond donors (Lipinski definition) is 2. The zero-order valence-corrected chi connectivity index (χ0v) is 16.3. The first kappa shape index (κ1) is 18.6. The van der Waals surface area contributed by atoms with Gasteiger partial charge in [-0.2, -0.15) is 0 Å². The van der Waals surface area contributed by atoms with E-state index in [-0.39, 0.29) is 5.91 Å². The van der Waals surface area contributed by atoms with Gasteiger partial charge in [-0.25, -0.2) is 9.97 Å². The van der Waals surface area contributed by atoms with Crippen molar-refractivity contribution in [3.63, 3.8) is 0 Å². The molecular weight excluding hydrogens is 336 g/mol. The number of aryl methyl sites for hydroxylation is 5. The number of hydrogen-bond acceptors (Lipinski definition) is 4. The van der Waals surface area contributed by atoms with Crippen LogP contribution >= 0.6 is 0 Å². The maximum atomic E-state index is 12.6. The van der Waals surface area contributed by atoms with E-state index in [1.165, 1.54) is 18.0 Å². The number of nitrogens with zero attached hydrogens (tertiary/aromatic N) is 2. The van der Waals surface area contributed by atoms with Crippen molar-refractivity contribution in [2.75, 3.05) is 10.6 Å². The number of carbonyl (C=O) groups excluding carboxylic acids is 1. The molecule has 0 saturated heterocycles. The molecule has 5 nitrogen and oxygen atoms in total. The molecule has 1 amide bonds. The molecule has 0 fully saturated rings. The monoisotopic (exact) mass is 360 g/mol. The van der Waals surface area contributed by atoms with Crippen LogP contribution in [0.3, 0.4) is 0 Å². The molecule has 0 bridgehead atoms. The van der Waals surface area contributed by atoms with Gasteiger partial charge in [-0.05, 0) is 56.9 Å². The van der Waals surface area contributed by atoms with Crippen LogP contribution in [0.2, 0.25) is 0 Å². The van der Waals surface area contributed by atoms with Crippen LogP contribution in [0, 0.1) is 34.6 Å². The zero-order valence-electron chi connectivity index (χ0n) is 16.3. The Hall–Kier alpha value is -3.21. The predicted octanol–water partition coefficient (Wildman–Crippen LogP) is 5.01. The fourth-order valence-electron chi connectivity index (χ4n) is 3.20. The Labute approximate surface area is 159 Å². The fraction of sp³-hybridized carbons (Fsp3) is 0.227. The van der Waals surface area contributed by atoms with Crippen LogP contribution in [-0.4, -0.2) is 15.9 Å². The number of para-hydroxylation sites is 1. The summed E-state index contributed by atoms with van der Waals surface area (Å²) in [5.74, 6) is 0.246. The van der Waals surface area contributed by atoms with Gasteiger partial charge >= 0.3 is 0 Å². The third-order valence-corrected chi connectivity index (χ3v) is 4.55. The summed E-state index contributed by atoms with van der Waals surface area (Å²) in [6.45, 7) is 10.1. The summed E-state index contributed by atoms with van der Waals surface area (Å²) in [6.07, 6.45) is 3.08. The molecule has 0 saturated carbocycles. The minimum Gasteiger partial charge on any atom is -0.324 e. The van der Waals surface area contributed by atoms with Gasteiger partial charge in [-0.1, -0.05) is 35.9 Å². The second-order valence-corrected chi connectivity index (χ2v) is 6.91. The van der Waals surface area contributed by atoms with Gasteiger partial charge in [0.1, 0.15) is 0 Å². The largest absolute Gasteiger partial charge is 0.324 e. The molecule has 2 N–H and O–H groups in total. The molecule has 0 unspecified atom stereocenters. The molecule has 0 radical (unpaired) electrons. The standard InChI is InChI=1S/C22H24N4O/c1-13-9-16(4)20(17(5)10-13)25-21(27)18-11-23-22(24-12-18)26-19-14(2)7-6-8-15(19)3/h6-12H,1-5H3,(H,25,27)(H,23,24,26). The minimum atomic E-state index is -0.219. The van der Waals surface area contributed by atoms with E-state index in [1.807, 2.05) is 52.8 Å². The molecule has 0 atom stereocenters. The zero-order chi connectivity index (χ0) is 19.6. The molecule has 2 aromatic carbocycles. The SMILES string of the molecule is Cc1cc(C)c(NC(=O)c2cnc(Nc3c(C)cccc3C)nc2)c(C)c1. The first-order valence-corrected chi connectivity index (χ1v) is 8.89. The van der Waals surface area contributed by atoms with Crippen LogP contribution in [-0.2, 0) is 0 Å². The lowest BCUT2D eigenvalue weighted by molar-refractivity contribution is 0.102. The Morgan fingerprint density at radius 1 is 0.815 bits per heavy atom. The predicted molar refractivity (Wildman–Crippen MR) is 110 cm³/mol. The highest BCUT2D eigenvalue weighted by atomic mass is 16.1. The van der Waals surface area contributed by atoms with E-state index in [0.29, 0.717) is 11.5 Å². The summed E-state index contributed by atoms with van der Waals surface area (Å²) in [5, 5.41) is 6.20. The summed E-state index contributed by atoms with van der Waals surface area (Å²) < 4.78 is 0. The second-order valence-electron chi connectivity index (χ2n) is 6.91. The van der Waals surface area contributed by atoms with Gasteiger partial charge in [0.15, 0.2) is 0 Å². The smallest absolute Gasteiger partial charge is 0.258 e. The molecule has 0 spiro atoms. The molecule has 27 heavy (non-hydrogen) atoms. The van der Waals surface area contributed by atoms with Crippen molar-refractivity contribution in [3.05, 3.63) is 76.1 Å². The first-order valence-electron chi connectivity index (χ1n) is 8.89. The van der Waals surface area contributed by atoms with Crippen LogP contribution in [0.1, 0.15) is 38.2 Å². The topological polar surface area (TPSA) is 66.9 Å². The Kier molecular flexibility index (Phi) is 5.21. The van der Waals surface area contributed by atoms with Gasteiger partial charge in [0.2, 0.25) is 5.95 Å². The second kappa shape index (κ2) is 7.58. The van der Waals surface area contributed by atoms with Crippen LogP contribution in [0.25, 0.3) is 0 Å². The summed E-state index contributed by atoms with van der Waals surface area (Å²) in [4.78, 5) is 21.2. The number of rotatable bonds is 4. The van der Waals surface area contributed by atoms with Crippen LogP contribution in [0.5, 0.6) is 0 Å². The third kappa shape index (κ3) is 4.14. The van der Waals surface area contributed by atoms with Crippen molar-refractivity contribution >= 4 is 23.2 Å². The number of benzene rings is 2. The normalized spacial score (nSPS) is 10.6. The molecule has 3 rings (SSSR count). The van der Waals surface area contributed by atoms with Gasteiger partial charge in [-0.15, -0.1) is 0 Å². The molecule has 1 aromatic heterocycles. The van der Waals surface area contributed by atoms with Crippen molar-refractivity contribution in [1.82, 2.24) is 9.97 Å². The molecule has 1 heterocycles. The van der Waals surface area contributed by atoms with Crippen LogP contribution in [0.4, 0.5) is 17.3 Å². The molecule has 0 aliphatic rings. The Balaban J connectivity index is 1.76. The van der Waals surface area contributed by atoms with E-state index in [2.05, 4.69) is 32.7 Å². The highest BCUT2D eigenvalue weighted by molar-refractivity contribution is 6.04. The van der Waals surface area contributed by atoms with Crippen molar-refractivity contribution in [2.45, 2.75) is 34.6 Å². The van der Waals surface area contributed by atoms with Gasteiger partial charge in [0.25, 0.3) is 5.91 Å². The highest BCUT2D eigenvalue weighted by Crippen LogP contribution is 2.24. The molecule has 138 valence electrons. The van der Waals surface area contributed by atoms with E-state index in [9.17, 15) is 4.79 Å². The average Bonchev–Trinajstić information content (AvgIpc) is 2.61. The Morgan fingerprint density at radius 2 is 1.37 bits per heavy atom. The number of anilines is 3. The minimum absolute atomic E-state index is 0.219. The van der Waals surface area contributed by atoms with Crippen molar-refractivity contribution in [1.29, 1.82) is 0 Å². The number of amides is 1. The van der Waals surface area contributed by atoms with Gasteiger partial charge in [0.05, 0.1) is 5.56 Å². The Bertz CT molecular complexity index is 950. The van der Waals surface area contributed by atoms with E-state index < -0.39 is 0 Å². The maximum absolute atomic E-state index is 12.6. The first-order chi connectivity index (χ1) is 12.8. The molecule has 0 aliphatic carbocycles. The maximum Gasteiger partial charge on any atom is 0.258 e. The van der Waals surface area contributed by atoms with Gasteiger partial charge in [-0.3, -0.25) is 4.79 Å². The van der Waals surface area contributed by atoms with E-state index in [1.54, 1.807) is 0 Å². The fourth-order valence-corrected chi connectivity index (χ4v) is 3.20. The lowest BCUT2D eigenvalue weighted by atomic mass is 10.0. The number of carbonyl (C=O) groups is 1. The average molecular weight is 360 g/mol. The van der Waals surface area contributed by atoms with Crippen molar-refractivity contribution < 1.29 is 4.79 Å². The highest BCUT2D eigenvalue weighted by Gasteiger charge is 2.12. The molecule has 0 aliphatic heterocycles. The number of nitrogens with one attached hydrogen (secondary N) is 2. The summed E-state index contributed by atoms with van der Waals surface area (Å²) >= 11 is 0. The van der Waals surface area contributed by atoms with Crippen LogP contribution in [0.15, 0.2) is 42.7 Å². The number of aromatic nitrogens is 2. The third-order valence-electron chi connectivity index (χ3n) is 4.55. The van der Waals surface area contributed by atoms with E-state index in [0.717, 1.165) is 33.6 Å². The van der Waals surface area contributed by atoms with Gasteiger partial charge < -0.3 is 10.6 Å². The van der Waals surface area contributed by atoms with Crippen molar-refractivity contribution in [2.24, 2.45) is 0 Å². The quantitative estimate of drug-likeness (QED) is 0.686. The lowest BCUT2D eigenvalue weighted by Gasteiger charge is -2.13. The van der Waals surface area contributed by atoms with Gasteiger partial charge in [0, 0.05) is 23.8 Å². The van der Waals surface area contributed by atoms with E-state index in [4.69, 9.17) is 0 Å². The molecular formula is C22H24N4O. The molecule has 3 aromatic rings. The van der Waals surface area contributed by atoms with E-state index >= 15 is 0 Å².